The first kappa shape index (κ1) is 17.8. The molecular weight excluding hydrogens is 284 g/mol. The lowest BCUT2D eigenvalue weighted by atomic mass is 10.0. The maximum Gasteiger partial charge on any atom is 0.315 e. The number of carboxylic acid groups (broad SMARTS) is 1. The number of ether oxygens (including phenoxy) is 1. The largest absolute Gasteiger partial charge is 0.494 e. The quantitative estimate of drug-likeness (QED) is 0.612. The van der Waals surface area contributed by atoms with Crippen LogP contribution in [0.25, 0.3) is 0 Å². The van der Waals surface area contributed by atoms with Crippen LogP contribution in [0, 0.1) is 0 Å². The first-order valence-electron chi connectivity index (χ1n) is 7.56. The van der Waals surface area contributed by atoms with E-state index >= 15 is 0 Å². The number of hydrogen-bond donors (Lipinski definition) is 3. The Morgan fingerprint density at radius 3 is 2.64 bits per heavy atom. The topological polar surface area (TPSA) is 87.7 Å². The number of carboxylic acids is 1. The van der Waals surface area contributed by atoms with Gasteiger partial charge in [0.15, 0.2) is 0 Å². The van der Waals surface area contributed by atoms with Crippen molar-refractivity contribution < 1.29 is 19.4 Å². The summed E-state index contributed by atoms with van der Waals surface area (Å²) >= 11 is 0. The Hall–Kier alpha value is -2.24. The summed E-state index contributed by atoms with van der Waals surface area (Å²) in [5, 5.41) is 14.1. The summed E-state index contributed by atoms with van der Waals surface area (Å²) in [5.41, 5.74) is 0.938. The first-order chi connectivity index (χ1) is 10.6. The summed E-state index contributed by atoms with van der Waals surface area (Å²) in [5.74, 6) is -0.0951. The van der Waals surface area contributed by atoms with Gasteiger partial charge < -0.3 is 20.5 Å². The van der Waals surface area contributed by atoms with E-state index in [2.05, 4.69) is 10.6 Å². The Morgan fingerprint density at radius 1 is 1.27 bits per heavy atom. The number of para-hydroxylation sites is 1. The minimum atomic E-state index is -0.862. The number of benzene rings is 1. The van der Waals surface area contributed by atoms with E-state index in [0.29, 0.717) is 19.6 Å². The van der Waals surface area contributed by atoms with Crippen LogP contribution in [-0.4, -0.2) is 30.3 Å². The van der Waals surface area contributed by atoms with E-state index in [9.17, 15) is 9.59 Å². The van der Waals surface area contributed by atoms with E-state index in [-0.39, 0.29) is 18.5 Å². The third-order valence-corrected chi connectivity index (χ3v) is 3.16. The van der Waals surface area contributed by atoms with E-state index in [1.807, 2.05) is 38.1 Å². The Morgan fingerprint density at radius 2 is 2.00 bits per heavy atom. The highest BCUT2D eigenvalue weighted by atomic mass is 16.5. The van der Waals surface area contributed by atoms with Gasteiger partial charge in [-0.3, -0.25) is 4.79 Å². The van der Waals surface area contributed by atoms with Crippen LogP contribution in [0.3, 0.4) is 0 Å². The van der Waals surface area contributed by atoms with Gasteiger partial charge in [0, 0.05) is 18.5 Å². The smallest absolute Gasteiger partial charge is 0.315 e. The van der Waals surface area contributed by atoms with E-state index in [4.69, 9.17) is 9.84 Å². The van der Waals surface area contributed by atoms with Gasteiger partial charge in [-0.15, -0.1) is 0 Å². The van der Waals surface area contributed by atoms with Crippen LogP contribution in [0.4, 0.5) is 4.79 Å². The van der Waals surface area contributed by atoms with Crippen molar-refractivity contribution >= 4 is 12.0 Å². The van der Waals surface area contributed by atoms with Crippen molar-refractivity contribution in [3.8, 4) is 5.75 Å². The van der Waals surface area contributed by atoms with E-state index in [1.54, 1.807) is 0 Å². The molecule has 0 radical (unpaired) electrons. The molecule has 0 aliphatic rings. The third-order valence-electron chi connectivity index (χ3n) is 3.16. The van der Waals surface area contributed by atoms with Gasteiger partial charge in [-0.25, -0.2) is 4.79 Å². The number of urea groups is 1. The number of rotatable bonds is 9. The minimum absolute atomic E-state index is 0.0463. The zero-order chi connectivity index (χ0) is 16.4. The third kappa shape index (κ3) is 6.03. The first-order valence-corrected chi connectivity index (χ1v) is 7.56. The standard InChI is InChI=1S/C16H24N2O4/c1-3-13(12-8-5-6-9-14(12)22-4-2)18-16(21)17-11-7-10-15(19)20/h5-6,8-9,13H,3-4,7,10-11H2,1-2H3,(H,19,20)(H2,17,18,21). The molecule has 0 spiro atoms. The van der Waals surface area contributed by atoms with Gasteiger partial charge in [-0.05, 0) is 25.8 Å². The molecule has 0 saturated carbocycles. The predicted octanol–water partition coefficient (Wildman–Crippen LogP) is 2.70. The molecule has 1 unspecified atom stereocenters. The van der Waals surface area contributed by atoms with Crippen LogP contribution in [0.2, 0.25) is 0 Å². The average molecular weight is 308 g/mol. The highest BCUT2D eigenvalue weighted by Crippen LogP contribution is 2.27. The summed E-state index contributed by atoms with van der Waals surface area (Å²) in [7, 11) is 0. The monoisotopic (exact) mass is 308 g/mol. The highest BCUT2D eigenvalue weighted by molar-refractivity contribution is 5.74. The van der Waals surface area contributed by atoms with Gasteiger partial charge >= 0.3 is 12.0 Å². The maximum absolute atomic E-state index is 11.9. The fraction of sp³-hybridized carbons (Fsp3) is 0.500. The van der Waals surface area contributed by atoms with Gasteiger partial charge in [-0.2, -0.15) is 0 Å². The molecule has 22 heavy (non-hydrogen) atoms. The molecule has 6 heteroatoms. The van der Waals surface area contributed by atoms with Crippen molar-refractivity contribution in [2.24, 2.45) is 0 Å². The molecule has 3 N–H and O–H groups in total. The maximum atomic E-state index is 11.9. The highest BCUT2D eigenvalue weighted by Gasteiger charge is 2.16. The molecule has 6 nitrogen and oxygen atoms in total. The second kappa shape index (κ2) is 9.65. The number of carbonyl (C=O) groups is 2. The summed E-state index contributed by atoms with van der Waals surface area (Å²) < 4.78 is 5.59. The number of carbonyl (C=O) groups excluding carboxylic acids is 1. The normalized spacial score (nSPS) is 11.5. The van der Waals surface area contributed by atoms with Crippen molar-refractivity contribution in [1.82, 2.24) is 10.6 Å². The molecule has 122 valence electrons. The second-order valence-electron chi connectivity index (χ2n) is 4.83. The number of aliphatic carboxylic acids is 1. The number of nitrogens with one attached hydrogen (secondary N) is 2. The minimum Gasteiger partial charge on any atom is -0.494 e. The Balaban J connectivity index is 2.57. The van der Waals surface area contributed by atoms with Gasteiger partial charge in [0.25, 0.3) is 0 Å². The van der Waals surface area contributed by atoms with Crippen LogP contribution in [0.15, 0.2) is 24.3 Å². The second-order valence-corrected chi connectivity index (χ2v) is 4.83. The molecule has 0 aliphatic heterocycles. The summed E-state index contributed by atoms with van der Waals surface area (Å²) in [6.07, 6.45) is 1.19. The van der Waals surface area contributed by atoms with E-state index in [0.717, 1.165) is 17.7 Å². The van der Waals surface area contributed by atoms with Gasteiger partial charge in [0.05, 0.1) is 12.6 Å². The Labute approximate surface area is 130 Å². The zero-order valence-electron chi connectivity index (χ0n) is 13.1. The lowest BCUT2D eigenvalue weighted by Gasteiger charge is -2.20. The molecule has 0 bridgehead atoms. The van der Waals surface area contributed by atoms with E-state index in [1.165, 1.54) is 0 Å². The van der Waals surface area contributed by atoms with Crippen LogP contribution in [-0.2, 0) is 4.79 Å². The van der Waals surface area contributed by atoms with Crippen molar-refractivity contribution in [2.75, 3.05) is 13.2 Å². The zero-order valence-corrected chi connectivity index (χ0v) is 13.1. The average Bonchev–Trinajstić information content (AvgIpc) is 2.50. The molecule has 1 atom stereocenters. The molecule has 1 aromatic rings. The molecule has 0 heterocycles. The lowest BCUT2D eigenvalue weighted by Crippen LogP contribution is -2.38. The van der Waals surface area contributed by atoms with Crippen molar-refractivity contribution in [1.29, 1.82) is 0 Å². The fourth-order valence-corrected chi connectivity index (χ4v) is 2.11. The van der Waals surface area contributed by atoms with Crippen molar-refractivity contribution in [3.63, 3.8) is 0 Å². The van der Waals surface area contributed by atoms with Gasteiger partial charge in [0.1, 0.15) is 5.75 Å². The molecule has 0 aromatic heterocycles. The molecular formula is C16H24N2O4. The number of hydrogen-bond acceptors (Lipinski definition) is 3. The fourth-order valence-electron chi connectivity index (χ4n) is 2.11. The van der Waals surface area contributed by atoms with Crippen LogP contribution < -0.4 is 15.4 Å². The Bertz CT molecular complexity index is 491. The molecule has 1 rings (SSSR count). The molecule has 0 fully saturated rings. The molecule has 2 amide bonds. The van der Waals surface area contributed by atoms with Gasteiger partial charge in [0.2, 0.25) is 0 Å². The van der Waals surface area contributed by atoms with Crippen LogP contribution in [0.5, 0.6) is 5.75 Å². The molecule has 0 aliphatic carbocycles. The Kier molecular flexibility index (Phi) is 7.81. The van der Waals surface area contributed by atoms with Crippen molar-refractivity contribution in [2.45, 2.75) is 39.2 Å². The molecule has 0 saturated heterocycles. The van der Waals surface area contributed by atoms with Crippen molar-refractivity contribution in [3.05, 3.63) is 29.8 Å². The van der Waals surface area contributed by atoms with E-state index < -0.39 is 5.97 Å². The SMILES string of the molecule is CCOc1ccccc1C(CC)NC(=O)NCCCC(=O)O. The number of amides is 2. The van der Waals surface area contributed by atoms with Gasteiger partial charge in [-0.1, -0.05) is 25.1 Å². The lowest BCUT2D eigenvalue weighted by molar-refractivity contribution is -0.137. The predicted molar refractivity (Wildman–Crippen MR) is 84.0 cm³/mol. The molecule has 1 aromatic carbocycles. The van der Waals surface area contributed by atoms with Crippen LogP contribution in [0.1, 0.15) is 44.7 Å². The summed E-state index contributed by atoms with van der Waals surface area (Å²) in [6.45, 7) is 4.80. The summed E-state index contributed by atoms with van der Waals surface area (Å²) in [4.78, 5) is 22.3. The van der Waals surface area contributed by atoms with Crippen LogP contribution >= 0.6 is 0 Å². The summed E-state index contributed by atoms with van der Waals surface area (Å²) in [6, 6.07) is 7.17.